The van der Waals surface area contributed by atoms with E-state index >= 15 is 0 Å². The van der Waals surface area contributed by atoms with Crippen molar-refractivity contribution in [2.75, 3.05) is 0 Å². The van der Waals surface area contributed by atoms with Crippen LogP contribution in [0.1, 0.15) is 66.8 Å². The van der Waals surface area contributed by atoms with E-state index in [1.807, 2.05) is 0 Å². The van der Waals surface area contributed by atoms with Crippen molar-refractivity contribution in [3.05, 3.63) is 115 Å². The van der Waals surface area contributed by atoms with Crippen LogP contribution in [0.4, 0.5) is 0 Å². The van der Waals surface area contributed by atoms with Crippen LogP contribution in [0.2, 0.25) is 6.55 Å². The Labute approximate surface area is 247 Å². The molecule has 4 rings (SSSR count). The first-order chi connectivity index (χ1) is 18.2. The third-order valence-electron chi connectivity index (χ3n) is 7.71. The Bertz CT molecular complexity index is 1300. The molecule has 0 saturated carbocycles. The molecule has 0 heterocycles. The smallest absolute Gasteiger partial charge is 0.0628 e. The van der Waals surface area contributed by atoms with Gasteiger partial charge < -0.3 is 0 Å². The van der Waals surface area contributed by atoms with Gasteiger partial charge in [0, 0.05) is 0 Å². The van der Waals surface area contributed by atoms with Crippen molar-refractivity contribution in [2.24, 2.45) is 0 Å². The average Bonchev–Trinajstić information content (AvgIpc) is 2.76. The van der Waals surface area contributed by atoms with E-state index in [2.05, 4.69) is 138 Å². The fraction of sp³-hybridized carbons (Fsp3) is 0.351. The minimum absolute atomic E-state index is 0.239. The third kappa shape index (κ3) is 7.44. The summed E-state index contributed by atoms with van der Waals surface area (Å²) in [5.74, 6) is 0. The van der Waals surface area contributed by atoms with Crippen LogP contribution in [0.25, 0.3) is 0 Å². The molecule has 0 fully saturated rings. The summed E-state index contributed by atoms with van der Waals surface area (Å²) in [5, 5.41) is 3.19. The second-order valence-corrected chi connectivity index (χ2v) is 16.7. The summed E-state index contributed by atoms with van der Waals surface area (Å²) in [6, 6.07) is 18.6. The summed E-state index contributed by atoms with van der Waals surface area (Å²) in [7, 11) is -0.698. The van der Waals surface area contributed by atoms with Gasteiger partial charge in [-0.2, -0.15) is 0 Å². The van der Waals surface area contributed by atoms with Gasteiger partial charge in [-0.3, -0.25) is 0 Å². The molecule has 203 valence electrons. The fourth-order valence-corrected chi connectivity index (χ4v) is 12.2. The van der Waals surface area contributed by atoms with E-state index in [1.165, 1.54) is 66.8 Å². The van der Waals surface area contributed by atoms with Gasteiger partial charge >= 0.3 is 123 Å². The van der Waals surface area contributed by atoms with Crippen LogP contribution < -0.4 is 19.2 Å². The molecule has 0 bridgehead atoms. The zero-order valence-corrected chi connectivity index (χ0v) is 29.7. The van der Waals surface area contributed by atoms with Gasteiger partial charge in [-0.1, -0.05) is 74.6 Å². The van der Waals surface area contributed by atoms with Crippen molar-refractivity contribution in [1.82, 2.24) is 0 Å². The van der Waals surface area contributed by atoms with E-state index in [9.17, 15) is 0 Å². The van der Waals surface area contributed by atoms with Crippen molar-refractivity contribution in [1.29, 1.82) is 0 Å². The molecule has 0 atom stereocenters. The molecule has 3 radical (unpaired) electrons. The molecule has 0 saturated heterocycles. The minimum atomic E-state index is -0.698. The first-order valence-electron chi connectivity index (χ1n) is 14.1. The second kappa shape index (κ2) is 12.9. The molecule has 0 amide bonds. The summed E-state index contributed by atoms with van der Waals surface area (Å²) in [6.07, 6.45) is 0. The first kappa shape index (κ1) is 31.2. The molecule has 4 aromatic carbocycles. The molecular formula is C37H47GeSi. The largest absolute Gasteiger partial charge is 0.119 e. The molecule has 39 heavy (non-hydrogen) atoms. The van der Waals surface area contributed by atoms with Crippen LogP contribution in [-0.4, -0.2) is 24.2 Å². The number of hydrogen-bond donors (Lipinski definition) is 0. The maximum atomic E-state index is 2.44. The standard InChI is InChI=1S/C19H25Si.C18H22Ge/c1-12-8-14(3)18(15(4)9-12)20(7)19-16(5)10-13(2)11-17(19)6;1-11-7-13(3)17(14(4)8-11)19-18-15(5)9-12(2)10-16(18)6/h8-11H,1-7H3;7-10H,1-6H3. The maximum Gasteiger partial charge on any atom is 0.119 e. The average molecular weight is 592 g/mol. The van der Waals surface area contributed by atoms with Crippen LogP contribution in [0.3, 0.4) is 0 Å². The minimum Gasteiger partial charge on any atom is -0.0628 e. The Morgan fingerprint density at radius 1 is 0.359 bits per heavy atom. The van der Waals surface area contributed by atoms with Crippen molar-refractivity contribution in [3.63, 3.8) is 0 Å². The van der Waals surface area contributed by atoms with Gasteiger partial charge in [0.05, 0.1) is 0 Å². The summed E-state index contributed by atoms with van der Waals surface area (Å²) < 4.78 is 3.22. The van der Waals surface area contributed by atoms with Gasteiger partial charge in [-0.05, 0) is 41.5 Å². The number of rotatable bonds is 4. The molecule has 0 aromatic heterocycles. The van der Waals surface area contributed by atoms with Crippen LogP contribution in [0, 0.1) is 83.1 Å². The summed E-state index contributed by atoms with van der Waals surface area (Å²) >= 11 is -0.239. The number of hydrogen-bond acceptors (Lipinski definition) is 0. The zero-order chi connectivity index (χ0) is 29.2. The Balaban J connectivity index is 0.000000216. The number of aryl methyl sites for hydroxylation is 12. The zero-order valence-electron chi connectivity index (χ0n) is 26.6. The third-order valence-corrected chi connectivity index (χ3v) is 15.1. The fourth-order valence-electron chi connectivity index (χ4n) is 6.55. The quantitative estimate of drug-likeness (QED) is 0.225. The van der Waals surface area contributed by atoms with Gasteiger partial charge in [0.15, 0.2) is 0 Å². The van der Waals surface area contributed by atoms with Crippen LogP contribution in [0.5, 0.6) is 0 Å². The molecule has 0 unspecified atom stereocenters. The summed E-state index contributed by atoms with van der Waals surface area (Å²) in [5.41, 5.74) is 17.2. The molecule has 2 heteroatoms. The monoisotopic (exact) mass is 593 g/mol. The van der Waals surface area contributed by atoms with Crippen LogP contribution >= 0.6 is 0 Å². The van der Waals surface area contributed by atoms with Gasteiger partial charge in [0.2, 0.25) is 0 Å². The van der Waals surface area contributed by atoms with Gasteiger partial charge in [-0.25, -0.2) is 0 Å². The van der Waals surface area contributed by atoms with Crippen molar-refractivity contribution >= 4 is 43.4 Å². The van der Waals surface area contributed by atoms with Gasteiger partial charge in [-0.15, -0.1) is 0 Å². The topological polar surface area (TPSA) is 0 Å². The van der Waals surface area contributed by atoms with E-state index in [0.29, 0.717) is 0 Å². The van der Waals surface area contributed by atoms with Gasteiger partial charge in [0.1, 0.15) is 8.80 Å². The molecule has 0 aliphatic rings. The van der Waals surface area contributed by atoms with E-state index in [1.54, 1.807) is 19.2 Å². The van der Waals surface area contributed by atoms with Crippen LogP contribution in [-0.2, 0) is 0 Å². The van der Waals surface area contributed by atoms with E-state index in [4.69, 9.17) is 0 Å². The Morgan fingerprint density at radius 2 is 0.564 bits per heavy atom. The van der Waals surface area contributed by atoms with Crippen LogP contribution in [0.15, 0.2) is 48.5 Å². The van der Waals surface area contributed by atoms with Crippen molar-refractivity contribution in [2.45, 2.75) is 89.6 Å². The molecule has 0 N–H and O–H groups in total. The second-order valence-electron chi connectivity index (χ2n) is 11.8. The number of benzene rings is 4. The predicted octanol–water partition coefficient (Wildman–Crippen LogP) is 6.97. The van der Waals surface area contributed by atoms with E-state index in [-0.39, 0.29) is 15.4 Å². The first-order valence-corrected chi connectivity index (χ1v) is 18.2. The van der Waals surface area contributed by atoms with E-state index < -0.39 is 8.80 Å². The van der Waals surface area contributed by atoms with Crippen molar-refractivity contribution in [3.8, 4) is 0 Å². The molecule has 0 aliphatic heterocycles. The molecule has 0 aliphatic carbocycles. The summed E-state index contributed by atoms with van der Waals surface area (Å²) in [4.78, 5) is 0. The molecular weight excluding hydrogens is 545 g/mol. The molecule has 4 aromatic rings. The Morgan fingerprint density at radius 3 is 0.795 bits per heavy atom. The predicted molar refractivity (Wildman–Crippen MR) is 179 cm³/mol. The van der Waals surface area contributed by atoms with Crippen molar-refractivity contribution < 1.29 is 0 Å². The van der Waals surface area contributed by atoms with E-state index in [0.717, 1.165) is 0 Å². The molecule has 0 spiro atoms. The van der Waals surface area contributed by atoms with Gasteiger partial charge in [0.25, 0.3) is 0 Å². The normalized spacial score (nSPS) is 11.0. The molecule has 0 nitrogen and oxygen atoms in total. The SMILES string of the molecule is Cc1cc(C)[c]([Ge][c]2c(C)cc(C)cc2C)c(C)c1.Cc1cc(C)c([Si](C)c2c(C)cc(C)cc2C)c(C)c1. The Hall–Kier alpha value is -2.36. The summed E-state index contributed by atoms with van der Waals surface area (Å²) in [6.45, 7) is 29.3. The maximum absolute atomic E-state index is 2.44. The Kier molecular flexibility index (Phi) is 10.3.